The summed E-state index contributed by atoms with van der Waals surface area (Å²) in [6.45, 7) is 0. The van der Waals surface area contributed by atoms with Gasteiger partial charge < -0.3 is 16.0 Å². The lowest BCUT2D eigenvalue weighted by Gasteiger charge is -2.13. The summed E-state index contributed by atoms with van der Waals surface area (Å²) in [7, 11) is 0. The maximum atomic E-state index is 14.5. The summed E-state index contributed by atoms with van der Waals surface area (Å²) in [5.41, 5.74) is 1.10. The highest BCUT2D eigenvalue weighted by Gasteiger charge is 2.17. The molecule has 0 radical (unpaired) electrons. The second-order valence-electron chi connectivity index (χ2n) is 8.34. The van der Waals surface area contributed by atoms with E-state index in [2.05, 4.69) is 16.0 Å². The van der Waals surface area contributed by atoms with Gasteiger partial charge in [0, 0.05) is 32.4 Å². The lowest BCUT2D eigenvalue weighted by Crippen LogP contribution is -2.30. The second kappa shape index (κ2) is 13.8. The smallest absolute Gasteiger partial charge is 0.272 e. The molecule has 202 valence electrons. The maximum absolute atomic E-state index is 14.5. The fraction of sp³-hybridized carbons (Fsp3) is 0.0333. The van der Waals surface area contributed by atoms with Crippen molar-refractivity contribution in [3.8, 4) is 0 Å². The fourth-order valence-electron chi connectivity index (χ4n) is 3.48. The van der Waals surface area contributed by atoms with Crippen LogP contribution in [0.5, 0.6) is 0 Å². The third kappa shape index (κ3) is 8.19. The Morgan fingerprint density at radius 1 is 0.800 bits per heavy atom. The molecule has 0 aliphatic carbocycles. The molecule has 4 rings (SSSR count). The lowest BCUT2D eigenvalue weighted by molar-refractivity contribution is -0.114. The zero-order valence-corrected chi connectivity index (χ0v) is 23.1. The van der Waals surface area contributed by atoms with Gasteiger partial charge in [0.25, 0.3) is 11.8 Å². The van der Waals surface area contributed by atoms with Gasteiger partial charge in [0.15, 0.2) is 0 Å². The van der Waals surface area contributed by atoms with E-state index < -0.39 is 17.6 Å². The normalized spacial score (nSPS) is 11.0. The molecule has 0 saturated heterocycles. The molecule has 0 heterocycles. The summed E-state index contributed by atoms with van der Waals surface area (Å²) in [6, 6.07) is 26.1. The predicted octanol–water partition coefficient (Wildman–Crippen LogP) is 7.27. The molecule has 4 aromatic rings. The molecule has 0 unspecified atom stereocenters. The van der Waals surface area contributed by atoms with E-state index in [1.54, 1.807) is 78.9 Å². The molecule has 0 aliphatic heterocycles. The van der Waals surface area contributed by atoms with E-state index >= 15 is 0 Å². The van der Waals surface area contributed by atoms with Crippen LogP contribution >= 0.6 is 35.0 Å². The number of thioether (sulfide) groups is 1. The number of hydrogen-bond donors (Lipinski definition) is 3. The number of halogens is 3. The van der Waals surface area contributed by atoms with Crippen LogP contribution in [0.2, 0.25) is 10.0 Å². The van der Waals surface area contributed by atoms with Gasteiger partial charge in [0.2, 0.25) is 5.91 Å². The van der Waals surface area contributed by atoms with Crippen LogP contribution in [0.3, 0.4) is 0 Å². The molecule has 0 saturated carbocycles. The van der Waals surface area contributed by atoms with E-state index in [1.165, 1.54) is 36.0 Å². The fourth-order valence-corrected chi connectivity index (χ4v) is 4.58. The zero-order chi connectivity index (χ0) is 28.5. The molecule has 0 aromatic heterocycles. The third-order valence-electron chi connectivity index (χ3n) is 5.41. The van der Waals surface area contributed by atoms with E-state index in [4.69, 9.17) is 23.2 Å². The summed E-state index contributed by atoms with van der Waals surface area (Å²) in [5, 5.41) is 8.71. The van der Waals surface area contributed by atoms with Crippen LogP contribution in [0, 0.1) is 5.82 Å². The van der Waals surface area contributed by atoms with Crippen molar-refractivity contribution < 1.29 is 18.8 Å². The summed E-state index contributed by atoms with van der Waals surface area (Å²) in [5.74, 6) is -1.97. The minimum atomic E-state index is -0.689. The van der Waals surface area contributed by atoms with E-state index in [-0.39, 0.29) is 27.9 Å². The van der Waals surface area contributed by atoms with Gasteiger partial charge in [-0.3, -0.25) is 14.4 Å². The van der Waals surface area contributed by atoms with Crippen molar-refractivity contribution in [2.75, 3.05) is 16.4 Å². The monoisotopic (exact) mass is 593 g/mol. The Kier molecular flexibility index (Phi) is 9.96. The van der Waals surface area contributed by atoms with Crippen molar-refractivity contribution >= 4 is 70.1 Å². The van der Waals surface area contributed by atoms with Gasteiger partial charge in [0.1, 0.15) is 11.5 Å². The van der Waals surface area contributed by atoms with Crippen LogP contribution in [0.1, 0.15) is 15.9 Å². The molecule has 4 aromatic carbocycles. The number of carbonyl (C=O) groups is 3. The molecule has 0 aliphatic rings. The Balaban J connectivity index is 1.48. The van der Waals surface area contributed by atoms with Crippen LogP contribution in [0.4, 0.5) is 15.8 Å². The summed E-state index contributed by atoms with van der Waals surface area (Å²) in [6.07, 6.45) is 1.19. The SMILES string of the molecule is O=C(CSc1cccc(NC(=O)/C(=C\c2c(F)cccc2Cl)NC(=O)c2ccccc2)c1)Nc1ccc(Cl)cc1. The first-order valence-corrected chi connectivity index (χ1v) is 13.6. The van der Waals surface area contributed by atoms with Gasteiger partial charge >= 0.3 is 0 Å². The Hall–Kier alpha value is -4.11. The average molecular weight is 594 g/mol. The van der Waals surface area contributed by atoms with Crippen molar-refractivity contribution in [3.63, 3.8) is 0 Å². The van der Waals surface area contributed by atoms with Crippen molar-refractivity contribution in [2.24, 2.45) is 0 Å². The Bertz CT molecular complexity index is 1540. The van der Waals surface area contributed by atoms with Crippen LogP contribution in [0.25, 0.3) is 6.08 Å². The van der Waals surface area contributed by atoms with Crippen molar-refractivity contribution in [1.82, 2.24) is 5.32 Å². The number of amides is 3. The highest BCUT2D eigenvalue weighted by atomic mass is 35.5. The minimum Gasteiger partial charge on any atom is -0.325 e. The van der Waals surface area contributed by atoms with Crippen LogP contribution in [-0.4, -0.2) is 23.5 Å². The standard InChI is InChI=1S/C30H22Cl2FN3O3S/c31-20-12-14-21(15-13-20)34-28(37)18-40-23-9-4-8-22(16-23)35-30(39)27(17-24-25(32)10-5-11-26(24)33)36-29(38)19-6-2-1-3-7-19/h1-17H,18H2,(H,34,37)(H,35,39)(H,36,38)/b27-17+. The van der Waals surface area contributed by atoms with E-state index in [1.807, 2.05) is 0 Å². The van der Waals surface area contributed by atoms with Gasteiger partial charge in [-0.2, -0.15) is 0 Å². The number of nitrogens with one attached hydrogen (secondary N) is 3. The molecule has 3 amide bonds. The second-order valence-corrected chi connectivity index (χ2v) is 10.2. The lowest BCUT2D eigenvalue weighted by atomic mass is 10.1. The topological polar surface area (TPSA) is 87.3 Å². The van der Waals surface area contributed by atoms with Gasteiger partial charge in [-0.1, -0.05) is 53.5 Å². The summed E-state index contributed by atoms with van der Waals surface area (Å²) in [4.78, 5) is 39.2. The number of rotatable bonds is 9. The first kappa shape index (κ1) is 28.9. The van der Waals surface area contributed by atoms with Gasteiger partial charge in [-0.15, -0.1) is 11.8 Å². The Labute approximate surface area is 244 Å². The number of benzene rings is 4. The van der Waals surface area contributed by atoms with Crippen molar-refractivity contribution in [1.29, 1.82) is 0 Å². The largest absolute Gasteiger partial charge is 0.325 e. The molecule has 0 spiro atoms. The quantitative estimate of drug-likeness (QED) is 0.141. The van der Waals surface area contributed by atoms with E-state index in [0.717, 1.165) is 4.90 Å². The van der Waals surface area contributed by atoms with Crippen molar-refractivity contribution in [2.45, 2.75) is 4.90 Å². The first-order valence-electron chi connectivity index (χ1n) is 11.9. The van der Waals surface area contributed by atoms with Crippen LogP contribution in [0.15, 0.2) is 108 Å². The number of carbonyl (C=O) groups excluding carboxylic acids is 3. The highest BCUT2D eigenvalue weighted by molar-refractivity contribution is 8.00. The predicted molar refractivity (Wildman–Crippen MR) is 159 cm³/mol. The van der Waals surface area contributed by atoms with Gasteiger partial charge in [-0.25, -0.2) is 4.39 Å². The Morgan fingerprint density at radius 2 is 1.52 bits per heavy atom. The Morgan fingerprint density at radius 3 is 2.25 bits per heavy atom. The molecule has 0 fully saturated rings. The van der Waals surface area contributed by atoms with Crippen LogP contribution in [-0.2, 0) is 9.59 Å². The summed E-state index contributed by atoms with van der Waals surface area (Å²) >= 11 is 13.3. The maximum Gasteiger partial charge on any atom is 0.272 e. The van der Waals surface area contributed by atoms with Crippen LogP contribution < -0.4 is 16.0 Å². The molecule has 3 N–H and O–H groups in total. The number of hydrogen-bond acceptors (Lipinski definition) is 4. The van der Waals surface area contributed by atoms with Gasteiger partial charge in [0.05, 0.1) is 10.8 Å². The van der Waals surface area contributed by atoms with Crippen molar-refractivity contribution in [3.05, 3.63) is 130 Å². The van der Waals surface area contributed by atoms with Gasteiger partial charge in [-0.05, 0) is 72.8 Å². The molecule has 10 heteroatoms. The molecular formula is C30H22Cl2FN3O3S. The van der Waals surface area contributed by atoms with E-state index in [0.29, 0.717) is 22.0 Å². The molecule has 0 bridgehead atoms. The molecular weight excluding hydrogens is 572 g/mol. The first-order chi connectivity index (χ1) is 19.3. The summed E-state index contributed by atoms with van der Waals surface area (Å²) < 4.78 is 14.5. The minimum absolute atomic E-state index is 0.0429. The number of anilines is 2. The molecule has 40 heavy (non-hydrogen) atoms. The average Bonchev–Trinajstić information content (AvgIpc) is 2.95. The zero-order valence-electron chi connectivity index (χ0n) is 20.8. The third-order valence-corrected chi connectivity index (χ3v) is 6.98. The van der Waals surface area contributed by atoms with E-state index in [9.17, 15) is 18.8 Å². The molecule has 6 nitrogen and oxygen atoms in total. The molecule has 0 atom stereocenters. The highest BCUT2D eigenvalue weighted by Crippen LogP contribution is 2.24.